The zero-order valence-electron chi connectivity index (χ0n) is 6.99. The van der Waals surface area contributed by atoms with E-state index in [0.29, 0.717) is 17.6 Å². The van der Waals surface area contributed by atoms with Gasteiger partial charge in [-0.3, -0.25) is 4.79 Å². The summed E-state index contributed by atoms with van der Waals surface area (Å²) < 4.78 is 0. The summed E-state index contributed by atoms with van der Waals surface area (Å²) in [7, 11) is 0. The van der Waals surface area contributed by atoms with Gasteiger partial charge >= 0.3 is 0 Å². The molecule has 0 N–H and O–H groups in total. The van der Waals surface area contributed by atoms with Crippen LogP contribution in [0.15, 0.2) is 23.8 Å². The zero-order valence-corrected chi connectivity index (χ0v) is 6.99. The number of carbonyl (C=O) groups excluding carboxylic acids is 1. The van der Waals surface area contributed by atoms with Gasteiger partial charge in [0.2, 0.25) is 0 Å². The van der Waals surface area contributed by atoms with Crippen molar-refractivity contribution < 1.29 is 4.79 Å². The van der Waals surface area contributed by atoms with E-state index in [2.05, 4.69) is 6.08 Å². The molecule has 3 atom stereocenters. The fourth-order valence-electron chi connectivity index (χ4n) is 3.04. The molecule has 0 bridgehead atoms. The van der Waals surface area contributed by atoms with Crippen LogP contribution >= 0.6 is 0 Å². The monoisotopic (exact) mass is 160 g/mol. The number of rotatable bonds is 0. The van der Waals surface area contributed by atoms with Crippen LogP contribution in [0.2, 0.25) is 0 Å². The minimum atomic E-state index is 0.355. The molecular formula is C11H12O. The molecule has 0 spiro atoms. The number of hydrogen-bond acceptors (Lipinski definition) is 1. The molecular weight excluding hydrogens is 148 g/mol. The summed E-state index contributed by atoms with van der Waals surface area (Å²) in [5.41, 5.74) is 1.53. The Hall–Kier alpha value is -0.850. The molecule has 3 rings (SSSR count). The van der Waals surface area contributed by atoms with Crippen LogP contribution in [-0.4, -0.2) is 5.78 Å². The van der Waals surface area contributed by atoms with E-state index >= 15 is 0 Å². The first kappa shape index (κ1) is 6.64. The molecule has 2 fully saturated rings. The summed E-state index contributed by atoms with van der Waals surface area (Å²) in [5, 5.41) is 0. The van der Waals surface area contributed by atoms with Crippen molar-refractivity contribution in [2.75, 3.05) is 0 Å². The summed E-state index contributed by atoms with van der Waals surface area (Å²) in [4.78, 5) is 11.5. The number of ketones is 1. The normalized spacial score (nSPS) is 43.2. The van der Waals surface area contributed by atoms with Crippen LogP contribution in [0, 0.1) is 17.8 Å². The van der Waals surface area contributed by atoms with Gasteiger partial charge in [-0.15, -0.1) is 0 Å². The summed E-state index contributed by atoms with van der Waals surface area (Å²) in [6.45, 7) is 0. The maximum atomic E-state index is 11.5. The van der Waals surface area contributed by atoms with Gasteiger partial charge in [-0.05, 0) is 37.2 Å². The fourth-order valence-corrected chi connectivity index (χ4v) is 3.04. The lowest BCUT2D eigenvalue weighted by atomic mass is 9.68. The van der Waals surface area contributed by atoms with Gasteiger partial charge < -0.3 is 0 Å². The van der Waals surface area contributed by atoms with Crippen LogP contribution in [-0.2, 0) is 4.79 Å². The van der Waals surface area contributed by atoms with Crippen molar-refractivity contribution in [3.63, 3.8) is 0 Å². The fraction of sp³-hybridized carbons (Fsp3) is 0.545. The Morgan fingerprint density at radius 1 is 1.33 bits per heavy atom. The first-order chi connectivity index (χ1) is 5.86. The third kappa shape index (κ3) is 0.669. The summed E-state index contributed by atoms with van der Waals surface area (Å²) in [5.74, 6) is 2.22. The Kier molecular flexibility index (Phi) is 1.16. The van der Waals surface area contributed by atoms with Gasteiger partial charge in [-0.25, -0.2) is 0 Å². The lowest BCUT2D eigenvalue weighted by Crippen LogP contribution is -2.30. The van der Waals surface area contributed by atoms with Crippen molar-refractivity contribution in [2.24, 2.45) is 17.8 Å². The van der Waals surface area contributed by atoms with E-state index in [1.165, 1.54) is 18.4 Å². The highest BCUT2D eigenvalue weighted by atomic mass is 16.1. The average molecular weight is 160 g/mol. The topological polar surface area (TPSA) is 17.1 Å². The molecule has 0 aromatic rings. The molecule has 1 nitrogen and oxygen atoms in total. The SMILES string of the molecule is O=C1C=CC=C2C[C@H]3CC[C@@H]1[C@@H]23. The van der Waals surface area contributed by atoms with Crippen LogP contribution in [0.5, 0.6) is 0 Å². The number of hydrogen-bond donors (Lipinski definition) is 0. The molecule has 0 aromatic heterocycles. The lowest BCUT2D eigenvalue weighted by Gasteiger charge is -2.36. The largest absolute Gasteiger partial charge is 0.295 e. The van der Waals surface area contributed by atoms with Gasteiger partial charge in [0.05, 0.1) is 0 Å². The highest BCUT2D eigenvalue weighted by Crippen LogP contribution is 2.54. The van der Waals surface area contributed by atoms with Crippen LogP contribution in [0.3, 0.4) is 0 Å². The third-order valence-corrected chi connectivity index (χ3v) is 3.65. The van der Waals surface area contributed by atoms with E-state index in [1.54, 1.807) is 6.08 Å². The zero-order chi connectivity index (χ0) is 8.13. The maximum Gasteiger partial charge on any atom is 0.159 e. The highest BCUT2D eigenvalue weighted by molar-refractivity contribution is 5.93. The van der Waals surface area contributed by atoms with Crippen molar-refractivity contribution >= 4 is 5.78 Å². The molecule has 0 aliphatic heterocycles. The molecule has 0 unspecified atom stereocenters. The number of allylic oxidation sites excluding steroid dienone is 4. The predicted molar refractivity (Wildman–Crippen MR) is 46.6 cm³/mol. The minimum absolute atomic E-state index is 0.355. The highest BCUT2D eigenvalue weighted by Gasteiger charge is 2.48. The molecule has 3 aliphatic carbocycles. The van der Waals surface area contributed by atoms with Crippen LogP contribution in [0.1, 0.15) is 19.3 Å². The standard InChI is InChI=1S/C11H12O/c12-10-3-1-2-7-6-8-4-5-9(10)11(7)8/h1-3,8-9,11H,4-6H2/t8-,9+,11+/m1/s1. The molecule has 62 valence electrons. The number of carbonyl (C=O) groups is 1. The van der Waals surface area contributed by atoms with Crippen molar-refractivity contribution in [2.45, 2.75) is 19.3 Å². The van der Waals surface area contributed by atoms with Gasteiger partial charge in [0.15, 0.2) is 5.78 Å². The summed E-state index contributed by atoms with van der Waals surface area (Å²) in [6, 6.07) is 0. The predicted octanol–water partition coefficient (Wildman–Crippen LogP) is 2.10. The first-order valence-electron chi connectivity index (χ1n) is 4.77. The van der Waals surface area contributed by atoms with E-state index in [4.69, 9.17) is 0 Å². The van der Waals surface area contributed by atoms with Crippen molar-refractivity contribution in [3.05, 3.63) is 23.8 Å². The van der Waals surface area contributed by atoms with Crippen LogP contribution in [0.4, 0.5) is 0 Å². The minimum Gasteiger partial charge on any atom is -0.295 e. The molecule has 3 aliphatic rings. The smallest absolute Gasteiger partial charge is 0.159 e. The van der Waals surface area contributed by atoms with Crippen LogP contribution in [0.25, 0.3) is 0 Å². The maximum absolute atomic E-state index is 11.5. The Morgan fingerprint density at radius 3 is 3.17 bits per heavy atom. The van der Waals surface area contributed by atoms with Gasteiger partial charge in [0, 0.05) is 5.92 Å². The summed E-state index contributed by atoms with van der Waals surface area (Å²) in [6.07, 6.45) is 9.54. The summed E-state index contributed by atoms with van der Waals surface area (Å²) >= 11 is 0. The van der Waals surface area contributed by atoms with Crippen molar-refractivity contribution in [1.29, 1.82) is 0 Å². The van der Waals surface area contributed by atoms with Gasteiger partial charge in [0.1, 0.15) is 0 Å². The molecule has 0 saturated heterocycles. The van der Waals surface area contributed by atoms with Gasteiger partial charge in [0.25, 0.3) is 0 Å². The molecule has 0 radical (unpaired) electrons. The quantitative estimate of drug-likeness (QED) is 0.530. The van der Waals surface area contributed by atoms with Gasteiger partial charge in [-0.2, -0.15) is 0 Å². The molecule has 1 heteroatoms. The van der Waals surface area contributed by atoms with Crippen molar-refractivity contribution in [3.8, 4) is 0 Å². The molecule has 2 saturated carbocycles. The van der Waals surface area contributed by atoms with Crippen LogP contribution < -0.4 is 0 Å². The van der Waals surface area contributed by atoms with E-state index in [0.717, 1.165) is 12.3 Å². The average Bonchev–Trinajstić information content (AvgIpc) is 2.31. The Morgan fingerprint density at radius 2 is 2.25 bits per heavy atom. The van der Waals surface area contributed by atoms with Gasteiger partial charge in [-0.1, -0.05) is 17.7 Å². The van der Waals surface area contributed by atoms with Crippen molar-refractivity contribution in [1.82, 2.24) is 0 Å². The second-order valence-electron chi connectivity index (χ2n) is 4.18. The molecule has 0 aromatic carbocycles. The second-order valence-corrected chi connectivity index (χ2v) is 4.18. The third-order valence-electron chi connectivity index (χ3n) is 3.65. The Balaban J connectivity index is 2.03. The molecule has 0 heterocycles. The first-order valence-corrected chi connectivity index (χ1v) is 4.77. The van der Waals surface area contributed by atoms with E-state index in [9.17, 15) is 4.79 Å². The van der Waals surface area contributed by atoms with E-state index in [-0.39, 0.29) is 0 Å². The molecule has 0 amide bonds. The van der Waals surface area contributed by atoms with E-state index < -0.39 is 0 Å². The second kappa shape index (κ2) is 2.09. The van der Waals surface area contributed by atoms with E-state index in [1.807, 2.05) is 6.08 Å². The lowest BCUT2D eigenvalue weighted by molar-refractivity contribution is -0.119. The molecule has 12 heavy (non-hydrogen) atoms. The Bertz CT molecular complexity index is 298. The Labute approximate surface area is 72.2 Å².